The average molecular weight is 376 g/mol. The van der Waals surface area contributed by atoms with Crippen molar-refractivity contribution in [3.63, 3.8) is 0 Å². The molecule has 0 radical (unpaired) electrons. The second-order valence-electron chi connectivity index (χ2n) is 5.81. The first kappa shape index (κ1) is 19.2. The second-order valence-corrected chi connectivity index (χ2v) is 7.83. The molecule has 0 amide bonds. The number of alkyl halides is 3. The van der Waals surface area contributed by atoms with Gasteiger partial charge in [-0.15, -0.1) is 0 Å². The van der Waals surface area contributed by atoms with Crippen LogP contribution >= 0.6 is 0 Å². The van der Waals surface area contributed by atoms with Gasteiger partial charge in [0, 0.05) is 24.1 Å². The number of anilines is 1. The van der Waals surface area contributed by atoms with Gasteiger partial charge in [0.15, 0.2) is 21.3 Å². The summed E-state index contributed by atoms with van der Waals surface area (Å²) in [6.45, 7) is 5.07. The van der Waals surface area contributed by atoms with Gasteiger partial charge in [0.1, 0.15) is 5.82 Å². The summed E-state index contributed by atoms with van der Waals surface area (Å²) in [5, 5.41) is 6.65. The van der Waals surface area contributed by atoms with E-state index in [2.05, 4.69) is 15.4 Å². The van der Waals surface area contributed by atoms with Crippen LogP contribution in [0.3, 0.4) is 0 Å². The van der Waals surface area contributed by atoms with E-state index in [4.69, 9.17) is 0 Å². The monoisotopic (exact) mass is 376 g/mol. The molecule has 25 heavy (non-hydrogen) atoms. The van der Waals surface area contributed by atoms with Crippen LogP contribution in [0.4, 0.5) is 19.0 Å². The van der Waals surface area contributed by atoms with Crippen molar-refractivity contribution in [1.82, 2.24) is 14.8 Å². The number of rotatable bonds is 5. The zero-order valence-electron chi connectivity index (χ0n) is 14.2. The molecule has 0 fully saturated rings. The quantitative estimate of drug-likeness (QED) is 0.867. The lowest BCUT2D eigenvalue weighted by Crippen LogP contribution is -2.17. The van der Waals surface area contributed by atoms with E-state index in [0.29, 0.717) is 6.42 Å². The third-order valence-corrected chi connectivity index (χ3v) is 4.85. The molecule has 0 bridgehead atoms. The molecule has 1 unspecified atom stereocenters. The summed E-state index contributed by atoms with van der Waals surface area (Å²) in [7, 11) is -3.45. The number of hydrogen-bond donors (Lipinski definition) is 1. The highest BCUT2D eigenvalue weighted by molar-refractivity contribution is 7.90. The normalized spacial score (nSPS) is 13.7. The van der Waals surface area contributed by atoms with E-state index >= 15 is 0 Å². The Hall–Kier alpha value is -2.10. The minimum Gasteiger partial charge on any atom is -0.367 e. The van der Waals surface area contributed by atoms with Gasteiger partial charge in [-0.25, -0.2) is 13.4 Å². The van der Waals surface area contributed by atoms with E-state index in [0.717, 1.165) is 17.1 Å². The van der Waals surface area contributed by atoms with Gasteiger partial charge in [0.05, 0.1) is 4.90 Å². The maximum Gasteiger partial charge on any atom is 0.435 e. The van der Waals surface area contributed by atoms with Gasteiger partial charge >= 0.3 is 6.18 Å². The summed E-state index contributed by atoms with van der Waals surface area (Å²) in [5.41, 5.74) is -1.05. The Labute approximate surface area is 144 Å². The number of sulfone groups is 1. The van der Waals surface area contributed by atoms with Gasteiger partial charge in [-0.2, -0.15) is 23.0 Å². The summed E-state index contributed by atoms with van der Waals surface area (Å²) in [6, 6.07) is 2.53. The summed E-state index contributed by atoms with van der Waals surface area (Å²) < 4.78 is 63.6. The van der Waals surface area contributed by atoms with Crippen LogP contribution in [-0.4, -0.2) is 35.5 Å². The van der Waals surface area contributed by atoms with Gasteiger partial charge in [-0.05, 0) is 32.4 Å². The molecule has 0 aliphatic rings. The Bertz CT molecular complexity index is 858. The summed E-state index contributed by atoms with van der Waals surface area (Å²) in [5.74, 6) is 0.276. The van der Waals surface area contributed by atoms with Crippen molar-refractivity contribution in [2.24, 2.45) is 0 Å². The molecule has 0 spiro atoms. The van der Waals surface area contributed by atoms with Crippen LogP contribution in [0, 0.1) is 6.92 Å². The third kappa shape index (κ3) is 4.12. The van der Waals surface area contributed by atoms with Gasteiger partial charge in [-0.3, -0.25) is 0 Å². The van der Waals surface area contributed by atoms with E-state index < -0.39 is 21.7 Å². The Balaban J connectivity index is 2.59. The number of pyridine rings is 1. The minimum absolute atomic E-state index is 0.0207. The SMILES string of the molecule is CCC(C)Nc1c(C)c(C(F)(F)F)nn1-c1ccc(S(C)(=O)=O)cn1. The molecule has 1 atom stereocenters. The number of aromatic nitrogens is 3. The molecule has 2 rings (SSSR count). The molecule has 1 N–H and O–H groups in total. The molecule has 138 valence electrons. The summed E-state index contributed by atoms with van der Waals surface area (Å²) in [6.07, 6.45) is -1.78. The molecule has 0 aliphatic heterocycles. The van der Waals surface area contributed by atoms with Crippen molar-refractivity contribution in [2.45, 2.75) is 44.3 Å². The van der Waals surface area contributed by atoms with Crippen LogP contribution in [0.5, 0.6) is 0 Å². The van der Waals surface area contributed by atoms with Crippen LogP contribution in [0.15, 0.2) is 23.2 Å². The Morgan fingerprint density at radius 1 is 1.32 bits per heavy atom. The third-order valence-electron chi connectivity index (χ3n) is 3.75. The fourth-order valence-corrected chi connectivity index (χ4v) is 2.71. The standard InChI is InChI=1S/C15H19F3N4O2S/c1-5-9(2)20-14-10(3)13(15(16,17)18)21-22(14)12-7-6-11(8-19-12)25(4,23)24/h6-9,20H,5H2,1-4H3. The van der Waals surface area contributed by atoms with Crippen molar-refractivity contribution >= 4 is 15.7 Å². The van der Waals surface area contributed by atoms with Crippen molar-refractivity contribution in [3.05, 3.63) is 29.6 Å². The molecule has 10 heteroatoms. The number of nitrogens with zero attached hydrogens (tertiary/aromatic N) is 3. The van der Waals surface area contributed by atoms with E-state index in [9.17, 15) is 21.6 Å². The van der Waals surface area contributed by atoms with E-state index in [1.54, 1.807) is 0 Å². The van der Waals surface area contributed by atoms with Gasteiger partial charge < -0.3 is 5.32 Å². The zero-order valence-corrected chi connectivity index (χ0v) is 15.0. The molecular weight excluding hydrogens is 357 g/mol. The maximum atomic E-state index is 13.2. The first-order valence-electron chi connectivity index (χ1n) is 7.55. The van der Waals surface area contributed by atoms with Gasteiger partial charge in [0.25, 0.3) is 0 Å². The van der Waals surface area contributed by atoms with Gasteiger partial charge in [-0.1, -0.05) is 6.92 Å². The summed E-state index contributed by atoms with van der Waals surface area (Å²) >= 11 is 0. The first-order chi connectivity index (χ1) is 11.4. The lowest BCUT2D eigenvalue weighted by molar-refractivity contribution is -0.141. The minimum atomic E-state index is -4.60. The van der Waals surface area contributed by atoms with E-state index in [-0.39, 0.29) is 28.1 Å². The van der Waals surface area contributed by atoms with Crippen molar-refractivity contribution < 1.29 is 21.6 Å². The number of halogens is 3. The molecule has 2 aromatic rings. The number of nitrogens with one attached hydrogen (secondary N) is 1. The molecule has 0 saturated heterocycles. The van der Waals surface area contributed by atoms with Crippen LogP contribution in [0.1, 0.15) is 31.5 Å². The second kappa shape index (κ2) is 6.66. The zero-order chi connectivity index (χ0) is 19.0. The predicted molar refractivity (Wildman–Crippen MR) is 87.6 cm³/mol. The molecule has 2 heterocycles. The van der Waals surface area contributed by atoms with Crippen LogP contribution in [0.25, 0.3) is 5.82 Å². The molecule has 2 aromatic heterocycles. The Kier molecular flexibility index (Phi) is 5.12. The smallest absolute Gasteiger partial charge is 0.367 e. The van der Waals surface area contributed by atoms with Crippen LogP contribution < -0.4 is 5.32 Å². The van der Waals surface area contributed by atoms with Crippen molar-refractivity contribution in [2.75, 3.05) is 11.6 Å². The summed E-state index contributed by atoms with van der Waals surface area (Å²) in [4.78, 5) is 3.94. The predicted octanol–water partition coefficient (Wildman–Crippen LogP) is 3.21. The van der Waals surface area contributed by atoms with Crippen LogP contribution in [0.2, 0.25) is 0 Å². The maximum absolute atomic E-state index is 13.2. The fraction of sp³-hybridized carbons (Fsp3) is 0.467. The highest BCUT2D eigenvalue weighted by atomic mass is 32.2. The topological polar surface area (TPSA) is 76.9 Å². The van der Waals surface area contributed by atoms with Crippen molar-refractivity contribution in [3.8, 4) is 5.82 Å². The highest BCUT2D eigenvalue weighted by Crippen LogP contribution is 2.35. The fourth-order valence-electron chi connectivity index (χ4n) is 2.15. The average Bonchev–Trinajstić information content (AvgIpc) is 2.83. The van der Waals surface area contributed by atoms with Crippen LogP contribution in [-0.2, 0) is 16.0 Å². The molecule has 6 nitrogen and oxygen atoms in total. The molecular formula is C15H19F3N4O2S. The Morgan fingerprint density at radius 3 is 2.40 bits per heavy atom. The Morgan fingerprint density at radius 2 is 1.96 bits per heavy atom. The van der Waals surface area contributed by atoms with E-state index in [1.807, 2.05) is 13.8 Å². The first-order valence-corrected chi connectivity index (χ1v) is 9.44. The lowest BCUT2D eigenvalue weighted by atomic mass is 10.2. The van der Waals surface area contributed by atoms with Crippen molar-refractivity contribution in [1.29, 1.82) is 0 Å². The lowest BCUT2D eigenvalue weighted by Gasteiger charge is -2.15. The largest absolute Gasteiger partial charge is 0.435 e. The number of hydrogen-bond acceptors (Lipinski definition) is 5. The molecule has 0 aliphatic carbocycles. The highest BCUT2D eigenvalue weighted by Gasteiger charge is 2.38. The van der Waals surface area contributed by atoms with E-state index in [1.165, 1.54) is 19.1 Å². The molecule has 0 aromatic carbocycles. The van der Waals surface area contributed by atoms with Gasteiger partial charge in [0.2, 0.25) is 0 Å². The molecule has 0 saturated carbocycles.